The van der Waals surface area contributed by atoms with Gasteiger partial charge in [-0.05, 0) is 0 Å². The maximum Gasteiger partial charge on any atom is 0.339 e. The van der Waals surface area contributed by atoms with E-state index >= 15 is 0 Å². The molecule has 13 heavy (non-hydrogen) atoms. The second kappa shape index (κ2) is 2.62. The first-order chi connectivity index (χ1) is 6.20. The predicted molar refractivity (Wildman–Crippen MR) is 41.7 cm³/mol. The van der Waals surface area contributed by atoms with Crippen LogP contribution in [0, 0.1) is 0 Å². The Kier molecular flexibility index (Phi) is 1.58. The van der Waals surface area contributed by atoms with Crippen molar-refractivity contribution in [3.05, 3.63) is 23.2 Å². The molecule has 2 heterocycles. The van der Waals surface area contributed by atoms with Gasteiger partial charge in [-0.1, -0.05) is 0 Å². The molecule has 68 valence electrons. The smallest absolute Gasteiger partial charge is 0.339 e. The topological polar surface area (TPSA) is 79.5 Å². The molecule has 2 rings (SSSR count). The van der Waals surface area contributed by atoms with Crippen LogP contribution < -0.4 is 5.32 Å². The van der Waals surface area contributed by atoms with Crippen molar-refractivity contribution in [2.45, 2.75) is 6.42 Å². The SMILES string of the molecule is O=C(O)c1coc2c1C(=O)NCC2. The number of hydrogen-bond donors (Lipinski definition) is 2. The van der Waals surface area contributed by atoms with Crippen molar-refractivity contribution in [1.29, 1.82) is 0 Å². The molecule has 1 amide bonds. The molecule has 0 aromatic carbocycles. The molecular formula is C8H7NO4. The molecule has 0 aliphatic carbocycles. The van der Waals surface area contributed by atoms with Crippen LogP contribution >= 0.6 is 0 Å². The zero-order chi connectivity index (χ0) is 9.42. The molecule has 0 bridgehead atoms. The molecule has 0 atom stereocenters. The maximum absolute atomic E-state index is 11.2. The number of carbonyl (C=O) groups is 2. The van der Waals surface area contributed by atoms with Gasteiger partial charge in [-0.2, -0.15) is 0 Å². The molecule has 1 aromatic rings. The van der Waals surface area contributed by atoms with Crippen molar-refractivity contribution in [1.82, 2.24) is 5.32 Å². The number of furan rings is 1. The molecule has 1 aliphatic heterocycles. The zero-order valence-corrected chi connectivity index (χ0v) is 6.66. The first kappa shape index (κ1) is 7.85. The summed E-state index contributed by atoms with van der Waals surface area (Å²) in [6.07, 6.45) is 1.66. The van der Waals surface area contributed by atoms with E-state index in [9.17, 15) is 9.59 Å². The molecule has 2 N–H and O–H groups in total. The molecule has 0 spiro atoms. The Labute approximate surface area is 73.3 Å². The Morgan fingerprint density at radius 2 is 2.38 bits per heavy atom. The van der Waals surface area contributed by atoms with Crippen molar-refractivity contribution >= 4 is 11.9 Å². The van der Waals surface area contributed by atoms with Crippen LogP contribution in [0.5, 0.6) is 0 Å². The van der Waals surface area contributed by atoms with Gasteiger partial charge in [0.05, 0.1) is 5.56 Å². The number of carboxylic acids is 1. The van der Waals surface area contributed by atoms with Gasteiger partial charge in [0.2, 0.25) is 0 Å². The second-order valence-corrected chi connectivity index (χ2v) is 2.76. The molecule has 1 aromatic heterocycles. The van der Waals surface area contributed by atoms with Crippen molar-refractivity contribution in [2.75, 3.05) is 6.54 Å². The quantitative estimate of drug-likeness (QED) is 0.651. The fraction of sp³-hybridized carbons (Fsp3) is 0.250. The van der Waals surface area contributed by atoms with Crippen LogP contribution in [-0.2, 0) is 6.42 Å². The van der Waals surface area contributed by atoms with Crippen LogP contribution in [0.3, 0.4) is 0 Å². The number of carboxylic acid groups (broad SMARTS) is 1. The number of rotatable bonds is 1. The minimum Gasteiger partial charge on any atom is -0.478 e. The fourth-order valence-electron chi connectivity index (χ4n) is 1.37. The summed E-state index contributed by atoms with van der Waals surface area (Å²) in [5, 5.41) is 11.3. The molecule has 0 radical (unpaired) electrons. The van der Waals surface area contributed by atoms with Crippen LogP contribution in [0.25, 0.3) is 0 Å². The van der Waals surface area contributed by atoms with Gasteiger partial charge in [-0.25, -0.2) is 4.79 Å². The highest BCUT2D eigenvalue weighted by Crippen LogP contribution is 2.20. The normalized spacial score (nSPS) is 14.9. The largest absolute Gasteiger partial charge is 0.478 e. The van der Waals surface area contributed by atoms with Gasteiger partial charge in [0.1, 0.15) is 17.6 Å². The molecule has 5 nitrogen and oxygen atoms in total. The number of fused-ring (bicyclic) bond motifs is 1. The van der Waals surface area contributed by atoms with Gasteiger partial charge in [0, 0.05) is 13.0 Å². The standard InChI is InChI=1S/C8H7NO4/c10-7-6-4(8(11)12)3-13-5(6)1-2-9-7/h3H,1-2H2,(H,9,10)(H,11,12). The summed E-state index contributed by atoms with van der Waals surface area (Å²) in [6, 6.07) is 0. The third-order valence-corrected chi connectivity index (χ3v) is 1.96. The van der Waals surface area contributed by atoms with Crippen LogP contribution in [0.2, 0.25) is 0 Å². The van der Waals surface area contributed by atoms with E-state index in [2.05, 4.69) is 5.32 Å². The Morgan fingerprint density at radius 3 is 3.08 bits per heavy atom. The molecule has 5 heteroatoms. The van der Waals surface area contributed by atoms with E-state index in [-0.39, 0.29) is 17.0 Å². The minimum absolute atomic E-state index is 0.0628. The molecule has 0 saturated heterocycles. The van der Waals surface area contributed by atoms with E-state index in [0.717, 1.165) is 6.26 Å². The number of hydrogen-bond acceptors (Lipinski definition) is 3. The summed E-state index contributed by atoms with van der Waals surface area (Å²) in [6.45, 7) is 0.498. The van der Waals surface area contributed by atoms with Gasteiger partial charge in [-0.15, -0.1) is 0 Å². The second-order valence-electron chi connectivity index (χ2n) is 2.76. The molecule has 0 saturated carbocycles. The van der Waals surface area contributed by atoms with Gasteiger partial charge >= 0.3 is 5.97 Å². The zero-order valence-electron chi connectivity index (χ0n) is 6.66. The number of amides is 1. The first-order valence-corrected chi connectivity index (χ1v) is 3.82. The third-order valence-electron chi connectivity index (χ3n) is 1.96. The van der Waals surface area contributed by atoms with Gasteiger partial charge in [0.15, 0.2) is 0 Å². The van der Waals surface area contributed by atoms with Crippen molar-refractivity contribution in [2.24, 2.45) is 0 Å². The van der Waals surface area contributed by atoms with E-state index in [4.69, 9.17) is 9.52 Å². The van der Waals surface area contributed by atoms with E-state index in [1.165, 1.54) is 0 Å². The van der Waals surface area contributed by atoms with Gasteiger partial charge < -0.3 is 14.8 Å². The Bertz CT molecular complexity index is 379. The Balaban J connectivity index is 2.56. The molecular weight excluding hydrogens is 174 g/mol. The molecule has 0 unspecified atom stereocenters. The lowest BCUT2D eigenvalue weighted by molar-refractivity contribution is 0.0690. The number of aromatic carboxylic acids is 1. The van der Waals surface area contributed by atoms with Gasteiger partial charge in [-0.3, -0.25) is 4.79 Å². The van der Waals surface area contributed by atoms with E-state index in [1.54, 1.807) is 0 Å². The average Bonchev–Trinajstić information content (AvgIpc) is 2.49. The summed E-state index contributed by atoms with van der Waals surface area (Å²) in [4.78, 5) is 21.9. The minimum atomic E-state index is -1.14. The lowest BCUT2D eigenvalue weighted by Gasteiger charge is -2.10. The van der Waals surface area contributed by atoms with Crippen molar-refractivity contribution < 1.29 is 19.1 Å². The van der Waals surface area contributed by atoms with Crippen molar-refractivity contribution in [3.8, 4) is 0 Å². The van der Waals surface area contributed by atoms with Crippen LogP contribution in [0.15, 0.2) is 10.7 Å². The highest BCUT2D eigenvalue weighted by Gasteiger charge is 2.27. The fourth-order valence-corrected chi connectivity index (χ4v) is 1.37. The number of nitrogens with one attached hydrogen (secondary N) is 1. The third kappa shape index (κ3) is 1.09. The summed E-state index contributed by atoms with van der Waals surface area (Å²) < 4.78 is 4.98. The highest BCUT2D eigenvalue weighted by atomic mass is 16.4. The lowest BCUT2D eigenvalue weighted by Crippen LogP contribution is -2.32. The first-order valence-electron chi connectivity index (χ1n) is 3.82. The molecule has 0 fully saturated rings. The Morgan fingerprint density at radius 1 is 1.62 bits per heavy atom. The Hall–Kier alpha value is -1.78. The lowest BCUT2D eigenvalue weighted by atomic mass is 10.1. The van der Waals surface area contributed by atoms with E-state index in [1.807, 2.05) is 0 Å². The summed E-state index contributed by atoms with van der Waals surface area (Å²) >= 11 is 0. The van der Waals surface area contributed by atoms with E-state index < -0.39 is 5.97 Å². The van der Waals surface area contributed by atoms with E-state index in [0.29, 0.717) is 18.7 Å². The van der Waals surface area contributed by atoms with Gasteiger partial charge in [0.25, 0.3) is 5.91 Å². The summed E-state index contributed by atoms with van der Waals surface area (Å²) in [5.41, 5.74) is 0.103. The summed E-state index contributed by atoms with van der Waals surface area (Å²) in [7, 11) is 0. The predicted octanol–water partition coefficient (Wildman–Crippen LogP) is 0.264. The molecule has 1 aliphatic rings. The average molecular weight is 181 g/mol. The number of carbonyl (C=O) groups excluding carboxylic acids is 1. The summed E-state index contributed by atoms with van der Waals surface area (Å²) in [5.74, 6) is -1.05. The highest BCUT2D eigenvalue weighted by molar-refractivity contribution is 6.06. The van der Waals surface area contributed by atoms with Crippen LogP contribution in [0.1, 0.15) is 26.5 Å². The van der Waals surface area contributed by atoms with Crippen LogP contribution in [0.4, 0.5) is 0 Å². The van der Waals surface area contributed by atoms with Crippen molar-refractivity contribution in [3.63, 3.8) is 0 Å². The maximum atomic E-state index is 11.2. The van der Waals surface area contributed by atoms with Crippen LogP contribution in [-0.4, -0.2) is 23.5 Å². The monoisotopic (exact) mass is 181 g/mol.